The number of nitrogens with two attached hydrogens (primary N) is 1. The highest BCUT2D eigenvalue weighted by molar-refractivity contribution is 9.10. The van der Waals surface area contributed by atoms with E-state index in [0.717, 1.165) is 30.3 Å². The molecule has 0 fully saturated rings. The lowest BCUT2D eigenvalue weighted by Crippen LogP contribution is -2.07. The van der Waals surface area contributed by atoms with E-state index in [1.807, 2.05) is 0 Å². The summed E-state index contributed by atoms with van der Waals surface area (Å²) in [7, 11) is 4.13. The van der Waals surface area contributed by atoms with Gasteiger partial charge in [-0.3, -0.25) is 0 Å². The summed E-state index contributed by atoms with van der Waals surface area (Å²) >= 11 is 3.67. The highest BCUT2D eigenvalue weighted by atomic mass is 79.9. The highest BCUT2D eigenvalue weighted by Crippen LogP contribution is 2.35. The van der Waals surface area contributed by atoms with Gasteiger partial charge in [-0.2, -0.15) is 0 Å². The van der Waals surface area contributed by atoms with E-state index in [2.05, 4.69) is 82.4 Å². The maximum Gasteiger partial charge on any atom is 0.0606 e. The van der Waals surface area contributed by atoms with Crippen LogP contribution in [0.15, 0.2) is 46.9 Å². The van der Waals surface area contributed by atoms with Crippen LogP contribution in [0.3, 0.4) is 0 Å². The number of hydrogen-bond acceptors (Lipinski definition) is 2. The Balaban J connectivity index is 2.08. The number of aromatic nitrogens is 1. The number of aromatic amines is 1. The number of unbranched alkanes of at least 4 members (excludes halogenated alkanes) is 1. The van der Waals surface area contributed by atoms with E-state index >= 15 is 0 Å². The van der Waals surface area contributed by atoms with Gasteiger partial charge in [0.1, 0.15) is 0 Å². The summed E-state index contributed by atoms with van der Waals surface area (Å²) in [5, 5.41) is 1.30. The summed E-state index contributed by atoms with van der Waals surface area (Å²) in [6.07, 6.45) is 3.21. The van der Waals surface area contributed by atoms with Crippen molar-refractivity contribution in [2.75, 3.05) is 25.5 Å². The first-order valence-electron chi connectivity index (χ1n) is 8.38. The van der Waals surface area contributed by atoms with Crippen LogP contribution in [0.5, 0.6) is 0 Å². The second-order valence-electron chi connectivity index (χ2n) is 6.33. The van der Waals surface area contributed by atoms with Crippen LogP contribution in [-0.2, 0) is 6.42 Å². The lowest BCUT2D eigenvalue weighted by Gasteiger charge is -2.13. The number of hydrogen-bond donors (Lipinski definition) is 2. The fourth-order valence-corrected chi connectivity index (χ4v) is 3.58. The Kier molecular flexibility index (Phi) is 5.27. The monoisotopic (exact) mass is 385 g/mol. The third-order valence-electron chi connectivity index (χ3n) is 4.44. The molecule has 0 spiro atoms. The summed E-state index contributed by atoms with van der Waals surface area (Å²) in [4.78, 5) is 5.75. The van der Waals surface area contributed by atoms with Crippen LogP contribution in [0, 0.1) is 0 Å². The lowest BCUT2D eigenvalue weighted by molar-refractivity contribution is 0.748. The van der Waals surface area contributed by atoms with Crippen molar-refractivity contribution in [3.8, 4) is 11.3 Å². The third-order valence-corrected chi connectivity index (χ3v) is 5.10. The Morgan fingerprint density at radius 3 is 2.46 bits per heavy atom. The van der Waals surface area contributed by atoms with Crippen molar-refractivity contribution in [3.63, 3.8) is 0 Å². The van der Waals surface area contributed by atoms with Crippen molar-refractivity contribution in [2.45, 2.75) is 19.3 Å². The van der Waals surface area contributed by atoms with Gasteiger partial charge in [0.15, 0.2) is 0 Å². The molecule has 0 atom stereocenters. The van der Waals surface area contributed by atoms with Gasteiger partial charge in [0, 0.05) is 35.3 Å². The average Bonchev–Trinajstić information content (AvgIpc) is 2.95. The zero-order valence-corrected chi connectivity index (χ0v) is 15.9. The zero-order valence-electron chi connectivity index (χ0n) is 14.3. The molecule has 3 N–H and O–H groups in total. The minimum absolute atomic E-state index is 0.749. The summed E-state index contributed by atoms with van der Waals surface area (Å²) in [6, 6.07) is 15.1. The predicted molar refractivity (Wildman–Crippen MR) is 108 cm³/mol. The molecule has 0 unspecified atom stereocenters. The molecule has 24 heavy (non-hydrogen) atoms. The number of fused-ring (bicyclic) bond motifs is 1. The molecule has 126 valence electrons. The minimum atomic E-state index is 0.749. The Bertz CT molecular complexity index is 819. The van der Waals surface area contributed by atoms with Crippen LogP contribution in [0.2, 0.25) is 0 Å². The lowest BCUT2D eigenvalue weighted by atomic mass is 10.00. The van der Waals surface area contributed by atoms with Crippen LogP contribution >= 0.6 is 15.9 Å². The van der Waals surface area contributed by atoms with E-state index < -0.39 is 0 Å². The standard InChI is InChI=1S/C20H24BrN3/c1-24(2)15-11-9-14(10-12-15)19-16(6-3-4-13-22)17-7-5-8-18(21)20(17)23-19/h5,7-12,23H,3-4,6,13,22H2,1-2H3. The van der Waals surface area contributed by atoms with E-state index in [-0.39, 0.29) is 0 Å². The first-order chi connectivity index (χ1) is 11.6. The largest absolute Gasteiger partial charge is 0.378 e. The number of para-hydroxylation sites is 1. The first-order valence-corrected chi connectivity index (χ1v) is 9.18. The van der Waals surface area contributed by atoms with Crippen LogP contribution in [0.1, 0.15) is 18.4 Å². The van der Waals surface area contributed by atoms with Crippen LogP contribution in [0.25, 0.3) is 22.2 Å². The van der Waals surface area contributed by atoms with E-state index in [4.69, 9.17) is 5.73 Å². The number of aryl methyl sites for hydroxylation is 1. The number of halogens is 1. The van der Waals surface area contributed by atoms with Gasteiger partial charge in [-0.25, -0.2) is 0 Å². The van der Waals surface area contributed by atoms with E-state index in [1.54, 1.807) is 0 Å². The van der Waals surface area contributed by atoms with Crippen LogP contribution < -0.4 is 10.6 Å². The zero-order chi connectivity index (χ0) is 17.1. The number of anilines is 1. The Hall–Kier alpha value is -1.78. The molecule has 1 aromatic heterocycles. The Morgan fingerprint density at radius 2 is 1.79 bits per heavy atom. The molecule has 0 saturated heterocycles. The fourth-order valence-electron chi connectivity index (χ4n) is 3.12. The number of nitrogens with zero attached hydrogens (tertiary/aromatic N) is 1. The van der Waals surface area contributed by atoms with Gasteiger partial charge in [0.25, 0.3) is 0 Å². The van der Waals surface area contributed by atoms with Crippen molar-refractivity contribution in [3.05, 3.63) is 52.5 Å². The number of H-pyrrole nitrogens is 1. The van der Waals surface area contributed by atoms with Gasteiger partial charge in [-0.15, -0.1) is 0 Å². The van der Waals surface area contributed by atoms with Crippen molar-refractivity contribution >= 4 is 32.5 Å². The van der Waals surface area contributed by atoms with Crippen molar-refractivity contribution < 1.29 is 0 Å². The second-order valence-corrected chi connectivity index (χ2v) is 7.18. The maximum atomic E-state index is 5.68. The van der Waals surface area contributed by atoms with E-state index in [1.165, 1.54) is 33.4 Å². The van der Waals surface area contributed by atoms with Gasteiger partial charge in [0.2, 0.25) is 0 Å². The van der Waals surface area contributed by atoms with Crippen molar-refractivity contribution in [1.82, 2.24) is 4.98 Å². The molecule has 1 heterocycles. The predicted octanol–water partition coefficient (Wildman–Crippen LogP) is 4.94. The van der Waals surface area contributed by atoms with Crippen molar-refractivity contribution in [1.29, 1.82) is 0 Å². The summed E-state index contributed by atoms with van der Waals surface area (Å²) in [5.41, 5.74) is 11.9. The fraction of sp³-hybridized carbons (Fsp3) is 0.300. The SMILES string of the molecule is CN(C)c1ccc(-c2[nH]c3c(Br)cccc3c2CCCCN)cc1. The molecular formula is C20H24BrN3. The quantitative estimate of drug-likeness (QED) is 0.589. The molecule has 2 aromatic carbocycles. The molecule has 0 aliphatic carbocycles. The molecular weight excluding hydrogens is 362 g/mol. The van der Waals surface area contributed by atoms with Gasteiger partial charge in [-0.1, -0.05) is 24.3 Å². The second kappa shape index (κ2) is 7.41. The number of nitrogens with one attached hydrogen (secondary N) is 1. The van der Waals surface area contributed by atoms with Crippen LogP contribution in [-0.4, -0.2) is 25.6 Å². The molecule has 3 nitrogen and oxygen atoms in total. The van der Waals surface area contributed by atoms with Crippen LogP contribution in [0.4, 0.5) is 5.69 Å². The summed E-state index contributed by atoms with van der Waals surface area (Å²) in [5.74, 6) is 0. The maximum absolute atomic E-state index is 5.68. The Labute approximate surface area is 152 Å². The normalized spacial score (nSPS) is 11.2. The number of benzene rings is 2. The molecule has 4 heteroatoms. The van der Waals surface area contributed by atoms with Crippen molar-refractivity contribution in [2.24, 2.45) is 5.73 Å². The molecule has 0 aliphatic rings. The molecule has 0 radical (unpaired) electrons. The van der Waals surface area contributed by atoms with Gasteiger partial charge in [-0.05, 0) is 71.1 Å². The molecule has 0 saturated carbocycles. The topological polar surface area (TPSA) is 45.0 Å². The summed E-state index contributed by atoms with van der Waals surface area (Å²) in [6.45, 7) is 0.749. The Morgan fingerprint density at radius 1 is 1.04 bits per heavy atom. The molecule has 0 aliphatic heterocycles. The van der Waals surface area contributed by atoms with E-state index in [9.17, 15) is 0 Å². The minimum Gasteiger partial charge on any atom is -0.378 e. The first kappa shape index (κ1) is 17.1. The summed E-state index contributed by atoms with van der Waals surface area (Å²) < 4.78 is 1.11. The average molecular weight is 386 g/mol. The third kappa shape index (κ3) is 3.35. The van der Waals surface area contributed by atoms with Gasteiger partial charge in [0.05, 0.1) is 5.52 Å². The number of rotatable bonds is 6. The molecule has 0 bridgehead atoms. The molecule has 3 rings (SSSR count). The highest BCUT2D eigenvalue weighted by Gasteiger charge is 2.14. The molecule has 0 amide bonds. The van der Waals surface area contributed by atoms with Gasteiger partial charge < -0.3 is 15.6 Å². The van der Waals surface area contributed by atoms with E-state index in [0.29, 0.717) is 0 Å². The smallest absolute Gasteiger partial charge is 0.0606 e. The van der Waals surface area contributed by atoms with Gasteiger partial charge >= 0.3 is 0 Å². The molecule has 3 aromatic rings.